The van der Waals surface area contributed by atoms with E-state index in [1.807, 2.05) is 25.1 Å². The van der Waals surface area contributed by atoms with Crippen LogP contribution in [0, 0.1) is 0 Å². The summed E-state index contributed by atoms with van der Waals surface area (Å²) in [6.07, 6.45) is 0.454. The molecular formula is C14H18N2O3. The van der Waals surface area contributed by atoms with Crippen molar-refractivity contribution >= 4 is 17.7 Å². The number of carboxylic acids is 1. The molecule has 1 heterocycles. The van der Waals surface area contributed by atoms with Gasteiger partial charge >= 0.3 is 12.0 Å². The topological polar surface area (TPSA) is 60.9 Å². The van der Waals surface area contributed by atoms with Crippen LogP contribution in [0.15, 0.2) is 24.3 Å². The Labute approximate surface area is 112 Å². The molecule has 0 spiro atoms. The zero-order valence-electron chi connectivity index (χ0n) is 11.2. The Morgan fingerprint density at radius 1 is 1.42 bits per heavy atom. The molecule has 1 aromatic carbocycles. The molecule has 1 aromatic rings. The van der Waals surface area contributed by atoms with E-state index in [-0.39, 0.29) is 6.03 Å². The number of hydrogen-bond acceptors (Lipinski definition) is 2. The molecule has 0 bridgehead atoms. The number of carboxylic acid groups (broad SMARTS) is 1. The average Bonchev–Trinajstić information content (AvgIpc) is 2.44. The molecule has 0 saturated heterocycles. The number of aliphatic carboxylic acids is 1. The number of rotatable bonds is 2. The fraction of sp³-hybridized carbons (Fsp3) is 0.429. The van der Waals surface area contributed by atoms with Gasteiger partial charge in [-0.1, -0.05) is 18.2 Å². The summed E-state index contributed by atoms with van der Waals surface area (Å²) in [6.45, 7) is 2.98. The summed E-state index contributed by atoms with van der Waals surface area (Å²) < 4.78 is 0. The minimum Gasteiger partial charge on any atom is -0.481 e. The highest BCUT2D eigenvalue weighted by Gasteiger charge is 2.32. The van der Waals surface area contributed by atoms with Crippen LogP contribution in [0.5, 0.6) is 0 Å². The second-order valence-electron chi connectivity index (χ2n) is 4.69. The molecule has 102 valence electrons. The lowest BCUT2D eigenvalue weighted by Gasteiger charge is -2.34. The van der Waals surface area contributed by atoms with Crippen LogP contribution in [0.25, 0.3) is 0 Å². The molecule has 2 rings (SSSR count). The second-order valence-corrected chi connectivity index (χ2v) is 4.69. The van der Waals surface area contributed by atoms with E-state index in [2.05, 4.69) is 0 Å². The quantitative estimate of drug-likeness (QED) is 0.888. The van der Waals surface area contributed by atoms with Crippen LogP contribution in [-0.4, -0.2) is 42.1 Å². The van der Waals surface area contributed by atoms with Crippen LogP contribution in [0.1, 0.15) is 24.8 Å². The fourth-order valence-corrected chi connectivity index (χ4v) is 2.36. The standard InChI is InChI=1S/C14H18N2O3/c1-3-15(2)14(19)16-9-8-11(13(17)18)10-6-4-5-7-12(10)16/h4-7,11H,3,8-9H2,1-2H3,(H,17,18). The second kappa shape index (κ2) is 5.30. The van der Waals surface area contributed by atoms with Crippen molar-refractivity contribution in [2.45, 2.75) is 19.3 Å². The van der Waals surface area contributed by atoms with Crippen LogP contribution < -0.4 is 4.90 Å². The van der Waals surface area contributed by atoms with Crippen molar-refractivity contribution in [2.24, 2.45) is 0 Å². The predicted octanol–water partition coefficient (Wildman–Crippen LogP) is 2.14. The Hall–Kier alpha value is -2.04. The molecule has 0 aromatic heterocycles. The van der Waals surface area contributed by atoms with E-state index in [1.165, 1.54) is 0 Å². The number of urea groups is 1. The summed E-state index contributed by atoms with van der Waals surface area (Å²) in [7, 11) is 1.74. The molecule has 1 aliphatic rings. The maximum atomic E-state index is 12.3. The van der Waals surface area contributed by atoms with Gasteiger partial charge in [-0.15, -0.1) is 0 Å². The summed E-state index contributed by atoms with van der Waals surface area (Å²) in [5, 5.41) is 9.25. The molecule has 0 aliphatic carbocycles. The van der Waals surface area contributed by atoms with E-state index in [0.29, 0.717) is 25.2 Å². The number of carbonyl (C=O) groups excluding carboxylic acids is 1. The molecule has 5 heteroatoms. The SMILES string of the molecule is CCN(C)C(=O)N1CCC(C(=O)O)c2ccccc21. The van der Waals surface area contributed by atoms with Crippen molar-refractivity contribution in [1.29, 1.82) is 0 Å². The first-order chi connectivity index (χ1) is 9.06. The monoisotopic (exact) mass is 262 g/mol. The highest BCUT2D eigenvalue weighted by molar-refractivity contribution is 5.95. The Morgan fingerprint density at radius 2 is 2.11 bits per heavy atom. The highest BCUT2D eigenvalue weighted by atomic mass is 16.4. The minimum atomic E-state index is -0.830. The van der Waals surface area contributed by atoms with Gasteiger partial charge in [-0.2, -0.15) is 0 Å². The number of hydrogen-bond donors (Lipinski definition) is 1. The van der Waals surface area contributed by atoms with E-state index in [1.54, 1.807) is 22.9 Å². The zero-order valence-corrected chi connectivity index (χ0v) is 11.2. The molecule has 1 aliphatic heterocycles. The third-order valence-electron chi connectivity index (χ3n) is 3.57. The lowest BCUT2D eigenvalue weighted by atomic mass is 9.90. The Morgan fingerprint density at radius 3 is 2.74 bits per heavy atom. The number of carbonyl (C=O) groups is 2. The Bertz CT molecular complexity index is 501. The van der Waals surface area contributed by atoms with Crippen LogP contribution in [0.2, 0.25) is 0 Å². The van der Waals surface area contributed by atoms with E-state index >= 15 is 0 Å². The summed E-state index contributed by atoms with van der Waals surface area (Å²) in [4.78, 5) is 26.8. The number of anilines is 1. The first-order valence-electron chi connectivity index (χ1n) is 6.40. The zero-order chi connectivity index (χ0) is 14.0. The normalized spacial score (nSPS) is 17.8. The number of fused-ring (bicyclic) bond motifs is 1. The van der Waals surface area contributed by atoms with Gasteiger partial charge in [0.25, 0.3) is 0 Å². The molecule has 5 nitrogen and oxygen atoms in total. The van der Waals surface area contributed by atoms with Crippen molar-refractivity contribution in [1.82, 2.24) is 4.90 Å². The highest BCUT2D eigenvalue weighted by Crippen LogP contribution is 2.35. The smallest absolute Gasteiger partial charge is 0.324 e. The van der Waals surface area contributed by atoms with Crippen molar-refractivity contribution in [3.63, 3.8) is 0 Å². The molecule has 1 unspecified atom stereocenters. The maximum Gasteiger partial charge on any atom is 0.324 e. The van der Waals surface area contributed by atoms with Crippen molar-refractivity contribution < 1.29 is 14.7 Å². The van der Waals surface area contributed by atoms with E-state index in [0.717, 1.165) is 5.56 Å². The third-order valence-corrected chi connectivity index (χ3v) is 3.57. The van der Waals surface area contributed by atoms with Gasteiger partial charge in [0.05, 0.1) is 5.92 Å². The lowest BCUT2D eigenvalue weighted by Crippen LogP contribution is -2.45. The largest absolute Gasteiger partial charge is 0.481 e. The third kappa shape index (κ3) is 2.41. The minimum absolute atomic E-state index is 0.0845. The number of para-hydroxylation sites is 1. The van der Waals surface area contributed by atoms with E-state index in [4.69, 9.17) is 0 Å². The summed E-state index contributed by atoms with van der Waals surface area (Å²) in [6, 6.07) is 7.16. The molecule has 0 fully saturated rings. The molecule has 2 amide bonds. The lowest BCUT2D eigenvalue weighted by molar-refractivity contribution is -0.139. The van der Waals surface area contributed by atoms with Crippen molar-refractivity contribution in [3.8, 4) is 0 Å². The van der Waals surface area contributed by atoms with Crippen molar-refractivity contribution in [2.75, 3.05) is 25.0 Å². The molecule has 19 heavy (non-hydrogen) atoms. The van der Waals surface area contributed by atoms with Gasteiger partial charge in [-0.3, -0.25) is 9.69 Å². The number of nitrogens with zero attached hydrogens (tertiary/aromatic N) is 2. The maximum absolute atomic E-state index is 12.3. The molecule has 0 saturated carbocycles. The van der Waals surface area contributed by atoms with Gasteiger partial charge in [0, 0.05) is 25.8 Å². The van der Waals surface area contributed by atoms with E-state index < -0.39 is 11.9 Å². The summed E-state index contributed by atoms with van der Waals surface area (Å²) in [5.41, 5.74) is 1.44. The van der Waals surface area contributed by atoms with Crippen LogP contribution in [-0.2, 0) is 4.79 Å². The van der Waals surface area contributed by atoms with Gasteiger partial charge in [0.2, 0.25) is 0 Å². The predicted molar refractivity (Wildman–Crippen MR) is 72.5 cm³/mol. The fourth-order valence-electron chi connectivity index (χ4n) is 2.36. The first kappa shape index (κ1) is 13.4. The molecule has 1 N–H and O–H groups in total. The molecule has 0 radical (unpaired) electrons. The average molecular weight is 262 g/mol. The summed E-state index contributed by atoms with van der Waals surface area (Å²) in [5.74, 6) is -1.35. The van der Waals surface area contributed by atoms with Crippen LogP contribution >= 0.6 is 0 Å². The van der Waals surface area contributed by atoms with E-state index in [9.17, 15) is 14.7 Å². The van der Waals surface area contributed by atoms with Crippen molar-refractivity contribution in [3.05, 3.63) is 29.8 Å². The van der Waals surface area contributed by atoms with Crippen LogP contribution in [0.3, 0.4) is 0 Å². The summed E-state index contributed by atoms with van der Waals surface area (Å²) >= 11 is 0. The Kier molecular flexibility index (Phi) is 3.74. The molecular weight excluding hydrogens is 244 g/mol. The first-order valence-corrected chi connectivity index (χ1v) is 6.40. The van der Waals surface area contributed by atoms with Gasteiger partial charge < -0.3 is 10.0 Å². The van der Waals surface area contributed by atoms with Gasteiger partial charge in [0.1, 0.15) is 0 Å². The van der Waals surface area contributed by atoms with Gasteiger partial charge in [-0.05, 0) is 25.0 Å². The number of amides is 2. The van der Waals surface area contributed by atoms with Gasteiger partial charge in [0.15, 0.2) is 0 Å². The Balaban J connectivity index is 2.38. The van der Waals surface area contributed by atoms with Crippen LogP contribution in [0.4, 0.5) is 10.5 Å². The number of benzene rings is 1. The molecule has 1 atom stereocenters. The van der Waals surface area contributed by atoms with Gasteiger partial charge in [-0.25, -0.2) is 4.79 Å².